The van der Waals surface area contributed by atoms with Crippen LogP contribution in [0.15, 0.2) is 0 Å². The predicted molar refractivity (Wildman–Crippen MR) is 26.7 cm³/mol. The average Bonchev–Trinajstić information content (AvgIpc) is 1.38. The van der Waals surface area contributed by atoms with E-state index in [1.54, 1.807) is 13.8 Å². The molecule has 7 heavy (non-hydrogen) atoms. The molecule has 0 nitrogen and oxygen atoms in total. The number of hydrogen-bond donors (Lipinski definition) is 0. The molecule has 2 heteroatoms. The third-order valence-corrected chi connectivity index (χ3v) is 0.252. The fourth-order valence-corrected chi connectivity index (χ4v) is 0. The number of rotatable bonds is 1. The molecule has 0 aromatic rings. The van der Waals surface area contributed by atoms with E-state index in [-0.39, 0.29) is 13.3 Å². The van der Waals surface area contributed by atoms with E-state index in [9.17, 15) is 4.39 Å². The third kappa shape index (κ3) is 48.9. The van der Waals surface area contributed by atoms with Crippen molar-refractivity contribution < 1.29 is 4.39 Å². The standard InChI is InChI=1S/C4H8F.CH3.Fm/c1-4(2)3-5;;/h3-4H,1-2H3;1H3;/q2*-1;. The minimum Gasteiger partial charge on any atom is -0.459 e. The Labute approximate surface area is 39.4 Å². The summed E-state index contributed by atoms with van der Waals surface area (Å²) < 4.78 is 11.0. The first-order valence-corrected chi connectivity index (χ1v) is 1.71. The molecule has 0 aliphatic heterocycles. The van der Waals surface area contributed by atoms with E-state index in [0.717, 1.165) is 0 Å². The van der Waals surface area contributed by atoms with Gasteiger partial charge in [0.05, 0.1) is 0 Å². The van der Waals surface area contributed by atoms with Crippen molar-refractivity contribution >= 4 is 0 Å². The first kappa shape index (κ1) is 16.8. The summed E-state index contributed by atoms with van der Waals surface area (Å²) in [4.78, 5) is 0. The smallest absolute Gasteiger partial charge is 0 e. The molecule has 0 rings (SSSR count). The summed E-state index contributed by atoms with van der Waals surface area (Å²) in [5, 5.41) is 0. The van der Waals surface area contributed by atoms with Gasteiger partial charge in [0, 0.05) is 0 Å². The maximum atomic E-state index is 11.0. The van der Waals surface area contributed by atoms with Gasteiger partial charge in [-0.1, -0.05) is 13.8 Å². The van der Waals surface area contributed by atoms with E-state index in [1.807, 2.05) is 0 Å². The molecule has 0 fully saturated rings. The van der Waals surface area contributed by atoms with Crippen molar-refractivity contribution in [1.82, 2.24) is 0 Å². The predicted octanol–water partition coefficient (Wildman–Crippen LogP) is 2.22. The third-order valence-electron chi connectivity index (χ3n) is 0.252. The fraction of sp³-hybridized carbons (Fsp3) is 0.600. The van der Waals surface area contributed by atoms with Crippen LogP contribution in [-0.2, 0) is 0 Å². The van der Waals surface area contributed by atoms with Crippen molar-refractivity contribution in [3.63, 3.8) is 0 Å². The van der Waals surface area contributed by atoms with Crippen molar-refractivity contribution in [2.24, 2.45) is 5.92 Å². The first-order valence-electron chi connectivity index (χ1n) is 1.71. The molecule has 0 unspecified atom stereocenters. The van der Waals surface area contributed by atoms with Gasteiger partial charge >= 0.3 is 0 Å². The van der Waals surface area contributed by atoms with Gasteiger partial charge in [0.25, 0.3) is 0 Å². The van der Waals surface area contributed by atoms with Crippen molar-refractivity contribution in [3.8, 4) is 0 Å². The van der Waals surface area contributed by atoms with E-state index in [2.05, 4.69) is 0 Å². The normalized spacial score (nSPS) is 6.86. The van der Waals surface area contributed by atoms with Crippen LogP contribution in [0.3, 0.4) is 0 Å². The Morgan fingerprint density at radius 3 is 1.57 bits per heavy atom. The number of halogens is 1. The van der Waals surface area contributed by atoms with Crippen LogP contribution in [0.1, 0.15) is 13.8 Å². The molecule has 0 atom stereocenters. The van der Waals surface area contributed by atoms with Crippen LogP contribution in [0.4, 0.5) is 4.39 Å². The number of hydrogen-bond acceptors (Lipinski definition) is 0. The summed E-state index contributed by atoms with van der Waals surface area (Å²) in [6, 6.07) is 0. The molecule has 0 saturated carbocycles. The Morgan fingerprint density at radius 1 is 1.43 bits per heavy atom. The van der Waals surface area contributed by atoms with E-state index < -0.39 is 0 Å². The molecule has 0 aromatic heterocycles. The van der Waals surface area contributed by atoms with E-state index in [4.69, 9.17) is 0 Å². The molecule has 0 radical (unpaired) electrons. The second kappa shape index (κ2) is 8.87. The van der Waals surface area contributed by atoms with Gasteiger partial charge in [-0.15, -0.1) is 5.92 Å². The molecule has 0 spiro atoms. The Morgan fingerprint density at radius 2 is 1.57 bits per heavy atom. The Bertz CT molecular complexity index is 22.0. The average molecular weight is 347 g/mol. The van der Waals surface area contributed by atoms with Crippen molar-refractivity contribution in [2.75, 3.05) is 0 Å². The zero-order valence-corrected chi connectivity index (χ0v) is 7.23. The van der Waals surface area contributed by atoms with Crippen LogP contribution in [0.2, 0.25) is 0 Å². The zero-order valence-electron chi connectivity index (χ0n) is 4.82. The van der Waals surface area contributed by atoms with Crippen molar-refractivity contribution in [3.05, 3.63) is 14.1 Å². The summed E-state index contributed by atoms with van der Waals surface area (Å²) in [6.07, 6.45) is 0. The quantitative estimate of drug-likeness (QED) is 0.639. The van der Waals surface area contributed by atoms with Crippen molar-refractivity contribution in [2.45, 2.75) is 13.8 Å². The van der Waals surface area contributed by atoms with Crippen LogP contribution >= 0.6 is 0 Å². The molecular formula is C5H11FFm-2. The summed E-state index contributed by atoms with van der Waals surface area (Å²) in [7, 11) is 0. The summed E-state index contributed by atoms with van der Waals surface area (Å²) in [6.45, 7) is 4.25. The summed E-state index contributed by atoms with van der Waals surface area (Å²) >= 11 is 0. The van der Waals surface area contributed by atoms with Crippen molar-refractivity contribution in [1.29, 1.82) is 0 Å². The van der Waals surface area contributed by atoms with E-state index in [0.29, 0.717) is 6.67 Å². The van der Waals surface area contributed by atoms with Gasteiger partial charge in [0.15, 0.2) is 0 Å². The molecule has 0 aliphatic carbocycles. The van der Waals surface area contributed by atoms with Gasteiger partial charge < -0.3 is 11.8 Å². The topological polar surface area (TPSA) is 0 Å². The zero-order chi connectivity index (χ0) is 4.28. The molecule has 52 valence electrons. The molecular weight excluding hydrogens is 336 g/mol. The van der Waals surface area contributed by atoms with Crippen LogP contribution in [-0.4, -0.2) is 0 Å². The molecule has 0 amide bonds. The minimum atomic E-state index is 0. The molecule has 0 aliphatic rings. The minimum absolute atomic E-state index is 0. The molecule has 0 N–H and O–H groups in total. The molecule has 0 aromatic carbocycles. The summed E-state index contributed by atoms with van der Waals surface area (Å²) in [5.41, 5.74) is 0. The Kier molecular flexibility index (Phi) is 21.3. The largest absolute Gasteiger partial charge is 0.459 e. The van der Waals surface area contributed by atoms with Crippen LogP contribution in [0.5, 0.6) is 0 Å². The molecule has 0 heterocycles. The first-order chi connectivity index (χ1) is 2.27. The SMILES string of the molecule is CC(C)[CH-]F.[CH3-].[Fm]. The Hall–Kier alpha value is -1.07. The summed E-state index contributed by atoms with van der Waals surface area (Å²) in [5.74, 6) is 0.0926. The van der Waals surface area contributed by atoms with Gasteiger partial charge in [-0.2, -0.15) is 6.67 Å². The van der Waals surface area contributed by atoms with Gasteiger partial charge in [0.1, 0.15) is 0 Å². The maximum absolute atomic E-state index is 11.0. The maximum Gasteiger partial charge on any atom is 0 e. The van der Waals surface area contributed by atoms with E-state index in [1.165, 1.54) is 0 Å². The monoisotopic (exact) mass is 347 g/mol. The Balaban J connectivity index is -0.0000000800. The van der Waals surface area contributed by atoms with Gasteiger partial charge in [-0.25, -0.2) is 0 Å². The second-order valence-electron chi connectivity index (χ2n) is 1.37. The fourth-order valence-electron chi connectivity index (χ4n) is 0. The second-order valence-corrected chi connectivity index (χ2v) is 1.37. The van der Waals surface area contributed by atoms with Crippen LogP contribution < -0.4 is 0 Å². The molecule has 0 bridgehead atoms. The molecule has 0 saturated heterocycles. The van der Waals surface area contributed by atoms with Gasteiger partial charge in [0.2, 0.25) is 0 Å². The van der Waals surface area contributed by atoms with Gasteiger partial charge in [-0.05, 0) is 0 Å². The van der Waals surface area contributed by atoms with Gasteiger partial charge in [-0.3, -0.25) is 0 Å². The van der Waals surface area contributed by atoms with Crippen LogP contribution in [0, 0.1) is 20.0 Å². The van der Waals surface area contributed by atoms with Crippen LogP contribution in [0.25, 0.3) is 0 Å². The van der Waals surface area contributed by atoms with E-state index >= 15 is 0 Å².